The Balaban J connectivity index is 1.49. The summed E-state index contributed by atoms with van der Waals surface area (Å²) in [7, 11) is -3.57. The van der Waals surface area contributed by atoms with Crippen LogP contribution in [-0.2, 0) is 23.1 Å². The van der Waals surface area contributed by atoms with Crippen molar-refractivity contribution in [2.45, 2.75) is 31.8 Å². The minimum absolute atomic E-state index is 0.291. The fourth-order valence-electron chi connectivity index (χ4n) is 3.75. The molecule has 28 heavy (non-hydrogen) atoms. The number of rotatable bonds is 5. The van der Waals surface area contributed by atoms with E-state index in [-0.39, 0.29) is 0 Å². The van der Waals surface area contributed by atoms with Gasteiger partial charge in [0.2, 0.25) is 10.0 Å². The molecule has 0 N–H and O–H groups in total. The molecule has 1 aromatic carbocycles. The number of pyridine rings is 1. The normalized spacial score (nSPS) is 16.6. The van der Waals surface area contributed by atoms with Gasteiger partial charge in [0.15, 0.2) is 0 Å². The quantitative estimate of drug-likeness (QED) is 0.658. The highest BCUT2D eigenvalue weighted by Crippen LogP contribution is 2.25. The number of piperazine rings is 1. The molecular formula is C20H25N5O2S. The fraction of sp³-hybridized carbons (Fsp3) is 0.400. The van der Waals surface area contributed by atoms with Crippen molar-refractivity contribution in [1.82, 2.24) is 24.0 Å². The van der Waals surface area contributed by atoms with E-state index in [0.717, 1.165) is 18.5 Å². The second-order valence-corrected chi connectivity index (χ2v) is 8.99. The van der Waals surface area contributed by atoms with Crippen molar-refractivity contribution in [3.8, 4) is 0 Å². The number of para-hydroxylation sites is 1. The molecule has 0 aliphatic carbocycles. The molecule has 3 heterocycles. The van der Waals surface area contributed by atoms with E-state index >= 15 is 0 Å². The standard InChI is InChI=1S/C20H25N5O2S/c1-3-25-16(2)18(14-22-25)15-23-10-12-24(13-11-23)28(26,27)19-8-4-6-17-7-5-9-21-20(17)19/h4-9,14H,3,10-13,15H2,1-2H3. The van der Waals surface area contributed by atoms with Gasteiger partial charge in [-0.3, -0.25) is 14.6 Å². The van der Waals surface area contributed by atoms with Crippen LogP contribution < -0.4 is 0 Å². The molecule has 1 saturated heterocycles. The predicted molar refractivity (Wildman–Crippen MR) is 108 cm³/mol. The van der Waals surface area contributed by atoms with Crippen molar-refractivity contribution in [3.63, 3.8) is 0 Å². The van der Waals surface area contributed by atoms with Gasteiger partial charge in [0.25, 0.3) is 0 Å². The third-order valence-corrected chi connectivity index (χ3v) is 7.37. The number of benzene rings is 1. The van der Waals surface area contributed by atoms with Crippen molar-refractivity contribution in [1.29, 1.82) is 0 Å². The predicted octanol–water partition coefficient (Wildman–Crippen LogP) is 2.27. The molecule has 0 saturated carbocycles. The minimum atomic E-state index is -3.57. The van der Waals surface area contributed by atoms with E-state index in [4.69, 9.17) is 0 Å². The van der Waals surface area contributed by atoms with Crippen LogP contribution in [0.4, 0.5) is 0 Å². The van der Waals surface area contributed by atoms with Crippen molar-refractivity contribution in [3.05, 3.63) is 54.0 Å². The first-order valence-electron chi connectivity index (χ1n) is 9.58. The van der Waals surface area contributed by atoms with Crippen molar-refractivity contribution < 1.29 is 8.42 Å². The molecule has 0 unspecified atom stereocenters. The molecule has 0 atom stereocenters. The van der Waals surface area contributed by atoms with Crippen LogP contribution in [0.1, 0.15) is 18.2 Å². The van der Waals surface area contributed by atoms with Crippen molar-refractivity contribution >= 4 is 20.9 Å². The largest absolute Gasteiger partial charge is 0.296 e. The number of hydrogen-bond acceptors (Lipinski definition) is 5. The van der Waals surface area contributed by atoms with Gasteiger partial charge >= 0.3 is 0 Å². The first-order valence-corrected chi connectivity index (χ1v) is 11.0. The lowest BCUT2D eigenvalue weighted by molar-refractivity contribution is 0.181. The van der Waals surface area contributed by atoms with Gasteiger partial charge in [0, 0.05) is 62.1 Å². The Morgan fingerprint density at radius 1 is 1.07 bits per heavy atom. The van der Waals surface area contributed by atoms with E-state index < -0.39 is 10.0 Å². The smallest absolute Gasteiger partial charge is 0.245 e. The monoisotopic (exact) mass is 399 g/mol. The molecule has 1 aliphatic heterocycles. The number of fused-ring (bicyclic) bond motifs is 1. The van der Waals surface area contributed by atoms with Gasteiger partial charge in [-0.15, -0.1) is 0 Å². The van der Waals surface area contributed by atoms with Gasteiger partial charge in [-0.1, -0.05) is 18.2 Å². The molecule has 4 rings (SSSR count). The second kappa shape index (κ2) is 7.62. The Kier molecular flexibility index (Phi) is 5.18. The highest BCUT2D eigenvalue weighted by atomic mass is 32.2. The van der Waals surface area contributed by atoms with Crippen LogP contribution >= 0.6 is 0 Å². The lowest BCUT2D eigenvalue weighted by Gasteiger charge is -2.34. The maximum absolute atomic E-state index is 13.2. The zero-order chi connectivity index (χ0) is 19.7. The van der Waals surface area contributed by atoms with Crippen molar-refractivity contribution in [2.75, 3.05) is 26.2 Å². The van der Waals surface area contributed by atoms with Gasteiger partial charge in [0.05, 0.1) is 11.7 Å². The average Bonchev–Trinajstić information content (AvgIpc) is 3.07. The molecule has 0 bridgehead atoms. The number of nitrogens with zero attached hydrogens (tertiary/aromatic N) is 5. The van der Waals surface area contributed by atoms with E-state index in [1.54, 1.807) is 22.6 Å². The number of hydrogen-bond donors (Lipinski definition) is 0. The van der Waals surface area contributed by atoms with Crippen LogP contribution in [0.25, 0.3) is 10.9 Å². The van der Waals surface area contributed by atoms with Gasteiger partial charge in [-0.05, 0) is 26.0 Å². The molecule has 2 aromatic heterocycles. The maximum atomic E-state index is 13.2. The van der Waals surface area contributed by atoms with Crippen LogP contribution in [0, 0.1) is 6.92 Å². The second-order valence-electron chi connectivity index (χ2n) is 7.08. The third kappa shape index (κ3) is 3.43. The molecule has 1 aliphatic rings. The van der Waals surface area contributed by atoms with Crippen LogP contribution in [0.15, 0.2) is 47.6 Å². The SMILES string of the molecule is CCn1ncc(CN2CCN(S(=O)(=O)c3cccc4cccnc34)CC2)c1C. The van der Waals surface area contributed by atoms with Gasteiger partial charge in [-0.25, -0.2) is 8.42 Å². The molecule has 0 spiro atoms. The summed E-state index contributed by atoms with van der Waals surface area (Å²) in [5.74, 6) is 0. The van der Waals surface area contributed by atoms with E-state index in [9.17, 15) is 8.42 Å². The molecular weight excluding hydrogens is 374 g/mol. The van der Waals surface area contributed by atoms with Gasteiger partial charge in [-0.2, -0.15) is 9.40 Å². The maximum Gasteiger partial charge on any atom is 0.245 e. The number of sulfonamides is 1. The highest BCUT2D eigenvalue weighted by molar-refractivity contribution is 7.89. The molecule has 3 aromatic rings. The summed E-state index contributed by atoms with van der Waals surface area (Å²) in [5, 5.41) is 5.24. The average molecular weight is 400 g/mol. The lowest BCUT2D eigenvalue weighted by Crippen LogP contribution is -2.48. The molecule has 7 nitrogen and oxygen atoms in total. The fourth-order valence-corrected chi connectivity index (χ4v) is 5.34. The lowest BCUT2D eigenvalue weighted by atomic mass is 10.2. The Bertz CT molecular complexity index is 1080. The molecule has 1 fully saturated rings. The molecule has 0 amide bonds. The summed E-state index contributed by atoms with van der Waals surface area (Å²) in [6.45, 7) is 8.18. The highest BCUT2D eigenvalue weighted by Gasteiger charge is 2.30. The third-order valence-electron chi connectivity index (χ3n) is 5.44. The summed E-state index contributed by atoms with van der Waals surface area (Å²) in [6, 6.07) is 9.03. The number of aryl methyl sites for hydroxylation is 1. The zero-order valence-corrected chi connectivity index (χ0v) is 17.1. The molecule has 148 valence electrons. The summed E-state index contributed by atoms with van der Waals surface area (Å²) >= 11 is 0. The first kappa shape index (κ1) is 19.0. The van der Waals surface area contributed by atoms with Gasteiger partial charge < -0.3 is 0 Å². The Morgan fingerprint density at radius 3 is 2.54 bits per heavy atom. The first-order chi connectivity index (χ1) is 13.5. The molecule has 8 heteroatoms. The van der Waals surface area contributed by atoms with E-state index in [1.807, 2.05) is 29.1 Å². The molecule has 0 radical (unpaired) electrons. The summed E-state index contributed by atoms with van der Waals surface area (Å²) in [5.41, 5.74) is 2.92. The summed E-state index contributed by atoms with van der Waals surface area (Å²) < 4.78 is 30.0. The van der Waals surface area contributed by atoms with E-state index in [1.165, 1.54) is 11.3 Å². The Morgan fingerprint density at radius 2 is 1.82 bits per heavy atom. The van der Waals surface area contributed by atoms with E-state index in [2.05, 4.69) is 28.8 Å². The van der Waals surface area contributed by atoms with E-state index in [0.29, 0.717) is 36.6 Å². The van der Waals surface area contributed by atoms with Crippen molar-refractivity contribution in [2.24, 2.45) is 0 Å². The van der Waals surface area contributed by atoms with Crippen LogP contribution in [0.2, 0.25) is 0 Å². The van der Waals surface area contributed by atoms with Gasteiger partial charge in [0.1, 0.15) is 4.90 Å². The Labute approximate surface area is 165 Å². The van der Waals surface area contributed by atoms with Crippen LogP contribution in [0.5, 0.6) is 0 Å². The minimum Gasteiger partial charge on any atom is -0.296 e. The topological polar surface area (TPSA) is 71.3 Å². The van der Waals surface area contributed by atoms with Crippen LogP contribution in [-0.4, -0.2) is 58.6 Å². The summed E-state index contributed by atoms with van der Waals surface area (Å²) in [4.78, 5) is 6.89. The zero-order valence-electron chi connectivity index (χ0n) is 16.2. The number of aromatic nitrogens is 3. The Hall–Kier alpha value is -2.29. The summed E-state index contributed by atoms with van der Waals surface area (Å²) in [6.07, 6.45) is 3.56. The van der Waals surface area contributed by atoms with Crippen LogP contribution in [0.3, 0.4) is 0 Å².